The number of benzene rings is 1. The summed E-state index contributed by atoms with van der Waals surface area (Å²) in [4.78, 5) is 15.0. The number of carboxylic acid groups (broad SMARTS) is 1. The van der Waals surface area contributed by atoms with Crippen LogP contribution in [-0.4, -0.2) is 23.2 Å². The van der Waals surface area contributed by atoms with Crippen LogP contribution in [0.15, 0.2) is 30.5 Å². The molecule has 0 unspecified atom stereocenters. The van der Waals surface area contributed by atoms with E-state index in [4.69, 9.17) is 27.2 Å². The van der Waals surface area contributed by atoms with E-state index in [2.05, 4.69) is 10.3 Å². The highest BCUT2D eigenvalue weighted by molar-refractivity contribution is 6.32. The first kappa shape index (κ1) is 14.0. The van der Waals surface area contributed by atoms with Crippen molar-refractivity contribution in [2.45, 2.75) is 0 Å². The molecule has 2 rings (SSSR count). The van der Waals surface area contributed by atoms with Crippen molar-refractivity contribution in [2.24, 2.45) is 0 Å². The zero-order valence-electron chi connectivity index (χ0n) is 10.6. The fourth-order valence-electron chi connectivity index (χ4n) is 1.63. The number of methoxy groups -OCH3 is 1. The monoisotopic (exact) mass is 293 g/mol. The molecular formula is C13H12ClN3O3. The van der Waals surface area contributed by atoms with Gasteiger partial charge in [0.05, 0.1) is 23.4 Å². The zero-order valence-corrected chi connectivity index (χ0v) is 11.3. The van der Waals surface area contributed by atoms with Crippen LogP contribution >= 0.6 is 11.6 Å². The number of nitrogens with two attached hydrogens (primary N) is 1. The second-order valence-corrected chi connectivity index (χ2v) is 4.31. The lowest BCUT2D eigenvalue weighted by Gasteiger charge is -2.11. The largest absolute Gasteiger partial charge is 0.495 e. The van der Waals surface area contributed by atoms with Crippen LogP contribution in [0.3, 0.4) is 0 Å². The number of nitrogens with one attached hydrogen (secondary N) is 1. The molecule has 0 aliphatic heterocycles. The summed E-state index contributed by atoms with van der Waals surface area (Å²) in [5.74, 6) is -0.361. The first-order chi connectivity index (χ1) is 9.52. The number of pyridine rings is 1. The summed E-state index contributed by atoms with van der Waals surface area (Å²) in [6, 6.07) is 6.36. The lowest BCUT2D eigenvalue weighted by atomic mass is 10.2. The fourth-order valence-corrected chi connectivity index (χ4v) is 1.83. The Labute approximate surface area is 120 Å². The standard InChI is InChI=1S/C13H12ClN3O3/c1-20-10-6-7(2-3-9(10)14)17-12-11(15)8(13(18)19)4-5-16-12/h2-6H,15H2,1H3,(H,16,17)(H,18,19). The third-order valence-corrected chi connectivity index (χ3v) is 2.95. The van der Waals surface area contributed by atoms with Gasteiger partial charge < -0.3 is 20.9 Å². The first-order valence-electron chi connectivity index (χ1n) is 5.61. The number of nitrogens with zero attached hydrogens (tertiary/aromatic N) is 1. The highest BCUT2D eigenvalue weighted by Gasteiger charge is 2.12. The number of carboxylic acids is 1. The van der Waals surface area contributed by atoms with Gasteiger partial charge in [0.15, 0.2) is 5.82 Å². The van der Waals surface area contributed by atoms with Crippen LogP contribution in [0.25, 0.3) is 0 Å². The summed E-state index contributed by atoms with van der Waals surface area (Å²) < 4.78 is 5.10. The van der Waals surface area contributed by atoms with Gasteiger partial charge in [-0.3, -0.25) is 0 Å². The molecule has 7 heteroatoms. The topological polar surface area (TPSA) is 97.5 Å². The molecule has 1 aromatic heterocycles. The van der Waals surface area contributed by atoms with Crippen molar-refractivity contribution in [3.63, 3.8) is 0 Å². The molecule has 1 aromatic carbocycles. The molecule has 0 atom stereocenters. The molecule has 0 aliphatic rings. The highest BCUT2D eigenvalue weighted by atomic mass is 35.5. The van der Waals surface area contributed by atoms with Crippen LogP contribution in [0.1, 0.15) is 10.4 Å². The van der Waals surface area contributed by atoms with Gasteiger partial charge in [0.25, 0.3) is 0 Å². The Morgan fingerprint density at radius 3 is 2.85 bits per heavy atom. The highest BCUT2D eigenvalue weighted by Crippen LogP contribution is 2.30. The van der Waals surface area contributed by atoms with Crippen LogP contribution in [0, 0.1) is 0 Å². The fraction of sp³-hybridized carbons (Fsp3) is 0.0769. The number of hydrogen-bond acceptors (Lipinski definition) is 5. The predicted molar refractivity (Wildman–Crippen MR) is 76.9 cm³/mol. The summed E-state index contributed by atoms with van der Waals surface area (Å²) >= 11 is 5.93. The lowest BCUT2D eigenvalue weighted by Crippen LogP contribution is -2.07. The van der Waals surface area contributed by atoms with Crippen LogP contribution in [0.2, 0.25) is 5.02 Å². The molecule has 20 heavy (non-hydrogen) atoms. The Morgan fingerprint density at radius 2 is 2.20 bits per heavy atom. The van der Waals surface area contributed by atoms with E-state index in [1.807, 2.05) is 0 Å². The Kier molecular flexibility index (Phi) is 3.95. The van der Waals surface area contributed by atoms with E-state index >= 15 is 0 Å². The van der Waals surface area contributed by atoms with Gasteiger partial charge in [-0.1, -0.05) is 11.6 Å². The van der Waals surface area contributed by atoms with Crippen molar-refractivity contribution in [3.8, 4) is 5.75 Å². The Morgan fingerprint density at radius 1 is 1.45 bits per heavy atom. The van der Waals surface area contributed by atoms with E-state index in [0.717, 1.165) is 0 Å². The van der Waals surface area contributed by atoms with Gasteiger partial charge in [-0.25, -0.2) is 9.78 Å². The molecule has 0 fully saturated rings. The summed E-state index contributed by atoms with van der Waals surface area (Å²) in [6.07, 6.45) is 1.37. The minimum Gasteiger partial charge on any atom is -0.495 e. The normalized spacial score (nSPS) is 10.1. The molecular weight excluding hydrogens is 282 g/mol. The van der Waals surface area contributed by atoms with E-state index < -0.39 is 5.97 Å². The summed E-state index contributed by atoms with van der Waals surface area (Å²) in [7, 11) is 1.50. The number of anilines is 3. The molecule has 104 valence electrons. The number of aromatic nitrogens is 1. The first-order valence-corrected chi connectivity index (χ1v) is 5.99. The number of ether oxygens (including phenoxy) is 1. The van der Waals surface area contributed by atoms with Gasteiger partial charge in [-0.2, -0.15) is 0 Å². The predicted octanol–water partition coefficient (Wildman–Crippen LogP) is 2.77. The SMILES string of the molecule is COc1cc(Nc2nccc(C(=O)O)c2N)ccc1Cl. The average molecular weight is 294 g/mol. The molecule has 2 aromatic rings. The van der Waals surface area contributed by atoms with E-state index in [0.29, 0.717) is 16.5 Å². The van der Waals surface area contributed by atoms with Gasteiger partial charge in [-0.15, -0.1) is 0 Å². The van der Waals surface area contributed by atoms with Gasteiger partial charge in [0.2, 0.25) is 0 Å². The molecule has 0 spiro atoms. The van der Waals surface area contributed by atoms with Crippen molar-refractivity contribution < 1.29 is 14.6 Å². The quantitative estimate of drug-likeness (QED) is 0.802. The minimum atomic E-state index is -1.11. The molecule has 1 heterocycles. The van der Waals surface area contributed by atoms with Crippen molar-refractivity contribution in [1.29, 1.82) is 0 Å². The average Bonchev–Trinajstić information content (AvgIpc) is 2.42. The van der Waals surface area contributed by atoms with Gasteiger partial charge in [0.1, 0.15) is 5.75 Å². The van der Waals surface area contributed by atoms with Gasteiger partial charge in [-0.05, 0) is 18.2 Å². The van der Waals surface area contributed by atoms with E-state index in [-0.39, 0.29) is 17.1 Å². The Bertz CT molecular complexity index is 661. The molecule has 6 nitrogen and oxygen atoms in total. The molecule has 0 radical (unpaired) electrons. The van der Waals surface area contributed by atoms with E-state index in [1.54, 1.807) is 18.2 Å². The van der Waals surface area contributed by atoms with Crippen LogP contribution in [-0.2, 0) is 0 Å². The maximum Gasteiger partial charge on any atom is 0.337 e. The number of rotatable bonds is 4. The number of carbonyl (C=O) groups is 1. The maximum atomic E-state index is 11.0. The maximum absolute atomic E-state index is 11.0. The zero-order chi connectivity index (χ0) is 14.7. The van der Waals surface area contributed by atoms with Crippen LogP contribution < -0.4 is 15.8 Å². The van der Waals surface area contributed by atoms with Crippen molar-refractivity contribution in [1.82, 2.24) is 4.98 Å². The van der Waals surface area contributed by atoms with Gasteiger partial charge >= 0.3 is 5.97 Å². The third-order valence-electron chi connectivity index (χ3n) is 2.63. The molecule has 0 saturated heterocycles. The molecule has 4 N–H and O–H groups in total. The number of aromatic carboxylic acids is 1. The smallest absolute Gasteiger partial charge is 0.337 e. The summed E-state index contributed by atoms with van der Waals surface area (Å²) in [6.45, 7) is 0. The van der Waals surface area contributed by atoms with Crippen molar-refractivity contribution in [2.75, 3.05) is 18.2 Å². The number of nitrogen functional groups attached to an aromatic ring is 1. The lowest BCUT2D eigenvalue weighted by molar-refractivity contribution is 0.0698. The summed E-state index contributed by atoms with van der Waals surface area (Å²) in [5, 5.41) is 12.4. The van der Waals surface area contributed by atoms with E-state index in [9.17, 15) is 4.79 Å². The third kappa shape index (κ3) is 2.75. The van der Waals surface area contributed by atoms with Crippen LogP contribution in [0.5, 0.6) is 5.75 Å². The Balaban J connectivity index is 2.35. The summed E-state index contributed by atoms with van der Waals surface area (Å²) in [5.41, 5.74) is 6.45. The van der Waals surface area contributed by atoms with Gasteiger partial charge in [0, 0.05) is 18.0 Å². The molecule has 0 saturated carbocycles. The van der Waals surface area contributed by atoms with Crippen LogP contribution in [0.4, 0.5) is 17.2 Å². The molecule has 0 bridgehead atoms. The second kappa shape index (κ2) is 5.66. The second-order valence-electron chi connectivity index (χ2n) is 3.90. The van der Waals surface area contributed by atoms with E-state index in [1.165, 1.54) is 19.4 Å². The molecule has 0 amide bonds. The molecule has 0 aliphatic carbocycles. The Hall–Kier alpha value is -2.47. The number of hydrogen-bond donors (Lipinski definition) is 3. The minimum absolute atomic E-state index is 0.0107. The van der Waals surface area contributed by atoms with Crippen molar-refractivity contribution in [3.05, 3.63) is 41.0 Å². The van der Waals surface area contributed by atoms with Crippen molar-refractivity contribution >= 4 is 34.8 Å². The number of halogens is 1.